The molecule has 1 unspecified atom stereocenters. The van der Waals surface area contributed by atoms with Crippen LogP contribution in [0.4, 0.5) is 0 Å². The first-order valence-electron chi connectivity index (χ1n) is 5.74. The van der Waals surface area contributed by atoms with E-state index >= 15 is 0 Å². The maximum Gasteiger partial charge on any atom is 0.233 e. The van der Waals surface area contributed by atoms with Crippen LogP contribution in [0.25, 0.3) is 0 Å². The summed E-state index contributed by atoms with van der Waals surface area (Å²) >= 11 is 0. The molecule has 0 radical (unpaired) electrons. The number of carbonyl (C=O) groups excluding carboxylic acids is 1. The fraction of sp³-hybridized carbons (Fsp3) is 0.909. The normalized spacial score (nSPS) is 19.6. The molecule has 0 aromatic heterocycles. The Morgan fingerprint density at radius 1 is 1.43 bits per heavy atom. The van der Waals surface area contributed by atoms with Crippen molar-refractivity contribution in [1.82, 2.24) is 10.6 Å². The molecule has 1 rings (SSSR count). The Kier molecular flexibility index (Phi) is 4.94. The molecular formula is C11H22N2O. The van der Waals surface area contributed by atoms with Crippen LogP contribution < -0.4 is 10.6 Å². The number of nitrogens with one attached hydrogen (secondary N) is 2. The van der Waals surface area contributed by atoms with Crippen LogP contribution in [0.3, 0.4) is 0 Å². The van der Waals surface area contributed by atoms with Crippen LogP contribution in [-0.2, 0) is 4.79 Å². The van der Waals surface area contributed by atoms with E-state index in [2.05, 4.69) is 17.6 Å². The summed E-state index contributed by atoms with van der Waals surface area (Å²) < 4.78 is 0. The molecule has 0 aromatic rings. The summed E-state index contributed by atoms with van der Waals surface area (Å²) in [7, 11) is 0. The van der Waals surface area contributed by atoms with Gasteiger partial charge < -0.3 is 10.6 Å². The predicted octanol–water partition coefficient (Wildman–Crippen LogP) is 1.29. The zero-order valence-corrected chi connectivity index (χ0v) is 9.31. The quantitative estimate of drug-likeness (QED) is 0.699. The maximum absolute atomic E-state index is 11.2. The number of amides is 1. The van der Waals surface area contributed by atoms with E-state index in [0.717, 1.165) is 12.5 Å². The smallest absolute Gasteiger partial charge is 0.233 e. The lowest BCUT2D eigenvalue weighted by atomic mass is 10.00. The van der Waals surface area contributed by atoms with Gasteiger partial charge in [0.2, 0.25) is 5.91 Å². The lowest BCUT2D eigenvalue weighted by Crippen LogP contribution is -2.40. The summed E-state index contributed by atoms with van der Waals surface area (Å²) in [6, 6.07) is 0.486. The van der Waals surface area contributed by atoms with E-state index in [0.29, 0.717) is 12.6 Å². The van der Waals surface area contributed by atoms with Crippen molar-refractivity contribution in [1.29, 1.82) is 0 Å². The van der Waals surface area contributed by atoms with E-state index in [1.807, 2.05) is 6.92 Å². The second-order valence-electron chi connectivity index (χ2n) is 4.17. The topological polar surface area (TPSA) is 41.1 Å². The second-order valence-corrected chi connectivity index (χ2v) is 4.17. The predicted molar refractivity (Wildman–Crippen MR) is 58.1 cm³/mol. The van der Waals surface area contributed by atoms with Crippen molar-refractivity contribution in [3.8, 4) is 0 Å². The van der Waals surface area contributed by atoms with Gasteiger partial charge in [-0.2, -0.15) is 0 Å². The highest BCUT2D eigenvalue weighted by Gasteiger charge is 2.21. The summed E-state index contributed by atoms with van der Waals surface area (Å²) in [6.45, 7) is 5.32. The molecule has 3 nitrogen and oxygen atoms in total. The standard InChI is InChI=1S/C11H22N2O/c1-3-12-11(14)8-13-9(2)10-6-4-5-7-10/h9-10,13H,3-8H2,1-2H3,(H,12,14). The van der Waals surface area contributed by atoms with Crippen molar-refractivity contribution < 1.29 is 4.79 Å². The molecule has 1 fully saturated rings. The molecule has 0 bridgehead atoms. The van der Waals surface area contributed by atoms with Gasteiger partial charge in [0.1, 0.15) is 0 Å². The molecule has 82 valence electrons. The van der Waals surface area contributed by atoms with Gasteiger partial charge in [0.15, 0.2) is 0 Å². The first kappa shape index (κ1) is 11.5. The zero-order valence-electron chi connectivity index (χ0n) is 9.31. The molecule has 0 aromatic carbocycles. The van der Waals surface area contributed by atoms with E-state index in [4.69, 9.17) is 0 Å². The minimum atomic E-state index is 0.109. The van der Waals surface area contributed by atoms with Crippen molar-refractivity contribution in [3.63, 3.8) is 0 Å². The van der Waals surface area contributed by atoms with Gasteiger partial charge in [-0.25, -0.2) is 0 Å². The summed E-state index contributed by atoms with van der Waals surface area (Å²) in [4.78, 5) is 11.2. The Labute approximate surface area is 86.6 Å². The molecule has 1 amide bonds. The van der Waals surface area contributed by atoms with Crippen LogP contribution in [0.15, 0.2) is 0 Å². The number of hydrogen-bond acceptors (Lipinski definition) is 2. The Morgan fingerprint density at radius 3 is 2.64 bits per heavy atom. The van der Waals surface area contributed by atoms with Gasteiger partial charge in [-0.05, 0) is 32.6 Å². The Hall–Kier alpha value is -0.570. The molecule has 14 heavy (non-hydrogen) atoms. The summed E-state index contributed by atoms with van der Waals surface area (Å²) in [5.41, 5.74) is 0. The van der Waals surface area contributed by atoms with Gasteiger partial charge in [-0.15, -0.1) is 0 Å². The Bertz CT molecular complexity index is 176. The summed E-state index contributed by atoms with van der Waals surface area (Å²) in [5, 5.41) is 6.09. The fourth-order valence-electron chi connectivity index (χ4n) is 2.14. The van der Waals surface area contributed by atoms with Crippen molar-refractivity contribution in [2.75, 3.05) is 13.1 Å². The SMILES string of the molecule is CCNC(=O)CNC(C)C1CCCC1. The molecule has 0 aliphatic heterocycles. The second kappa shape index (κ2) is 6.02. The fourth-order valence-corrected chi connectivity index (χ4v) is 2.14. The van der Waals surface area contributed by atoms with Crippen LogP contribution in [0.5, 0.6) is 0 Å². The van der Waals surface area contributed by atoms with Crippen LogP contribution in [0.1, 0.15) is 39.5 Å². The Balaban J connectivity index is 2.13. The largest absolute Gasteiger partial charge is 0.355 e. The van der Waals surface area contributed by atoms with Crippen molar-refractivity contribution in [2.45, 2.75) is 45.6 Å². The highest BCUT2D eigenvalue weighted by molar-refractivity contribution is 5.77. The van der Waals surface area contributed by atoms with Gasteiger partial charge in [-0.1, -0.05) is 12.8 Å². The van der Waals surface area contributed by atoms with Crippen molar-refractivity contribution in [2.24, 2.45) is 5.92 Å². The minimum absolute atomic E-state index is 0.109. The van der Waals surface area contributed by atoms with Crippen LogP contribution >= 0.6 is 0 Å². The van der Waals surface area contributed by atoms with Crippen LogP contribution in [-0.4, -0.2) is 25.0 Å². The van der Waals surface area contributed by atoms with Gasteiger partial charge in [0.05, 0.1) is 6.54 Å². The number of likely N-dealkylation sites (N-methyl/N-ethyl adjacent to an activating group) is 1. The van der Waals surface area contributed by atoms with Crippen molar-refractivity contribution >= 4 is 5.91 Å². The van der Waals surface area contributed by atoms with E-state index in [1.54, 1.807) is 0 Å². The third-order valence-corrected chi connectivity index (χ3v) is 3.07. The summed E-state index contributed by atoms with van der Waals surface area (Å²) in [5.74, 6) is 0.891. The van der Waals surface area contributed by atoms with Crippen LogP contribution in [0, 0.1) is 5.92 Å². The lowest BCUT2D eigenvalue weighted by molar-refractivity contribution is -0.120. The average Bonchev–Trinajstić information content (AvgIpc) is 2.67. The molecule has 1 aliphatic rings. The first-order chi connectivity index (χ1) is 6.74. The summed E-state index contributed by atoms with van der Waals surface area (Å²) in [6.07, 6.45) is 5.36. The first-order valence-corrected chi connectivity index (χ1v) is 5.74. The third-order valence-electron chi connectivity index (χ3n) is 3.07. The molecule has 2 N–H and O–H groups in total. The molecule has 1 saturated carbocycles. The number of hydrogen-bond donors (Lipinski definition) is 2. The molecule has 0 spiro atoms. The highest BCUT2D eigenvalue weighted by Crippen LogP contribution is 2.27. The van der Waals surface area contributed by atoms with E-state index < -0.39 is 0 Å². The molecular weight excluding hydrogens is 176 g/mol. The molecule has 0 saturated heterocycles. The number of rotatable bonds is 5. The van der Waals surface area contributed by atoms with Gasteiger partial charge >= 0.3 is 0 Å². The lowest BCUT2D eigenvalue weighted by Gasteiger charge is -2.19. The number of carbonyl (C=O) groups is 1. The molecule has 3 heteroatoms. The molecule has 1 aliphatic carbocycles. The van der Waals surface area contributed by atoms with Crippen LogP contribution in [0.2, 0.25) is 0 Å². The highest BCUT2D eigenvalue weighted by atomic mass is 16.1. The average molecular weight is 198 g/mol. The molecule has 1 atom stereocenters. The third kappa shape index (κ3) is 3.66. The van der Waals surface area contributed by atoms with E-state index in [1.165, 1.54) is 25.7 Å². The van der Waals surface area contributed by atoms with E-state index in [9.17, 15) is 4.79 Å². The minimum Gasteiger partial charge on any atom is -0.355 e. The maximum atomic E-state index is 11.2. The van der Waals surface area contributed by atoms with Gasteiger partial charge in [0, 0.05) is 12.6 Å². The van der Waals surface area contributed by atoms with Gasteiger partial charge in [-0.3, -0.25) is 4.79 Å². The monoisotopic (exact) mass is 198 g/mol. The van der Waals surface area contributed by atoms with Gasteiger partial charge in [0.25, 0.3) is 0 Å². The Morgan fingerprint density at radius 2 is 2.07 bits per heavy atom. The van der Waals surface area contributed by atoms with Crippen molar-refractivity contribution in [3.05, 3.63) is 0 Å². The van der Waals surface area contributed by atoms with E-state index in [-0.39, 0.29) is 5.91 Å². The zero-order chi connectivity index (χ0) is 10.4. The molecule has 0 heterocycles.